The molecular weight excluding hydrogens is 258 g/mol. The molecule has 0 saturated heterocycles. The number of benzene rings is 2. The van der Waals surface area contributed by atoms with Crippen molar-refractivity contribution in [2.75, 3.05) is 7.05 Å². The maximum absolute atomic E-state index is 12.8. The number of carbonyl (C=O) groups excluding carboxylic acids is 1. The van der Waals surface area contributed by atoms with Crippen molar-refractivity contribution in [3.05, 3.63) is 70.8 Å². The van der Waals surface area contributed by atoms with Gasteiger partial charge in [-0.15, -0.1) is 0 Å². The Bertz CT molecular complexity index is 736. The summed E-state index contributed by atoms with van der Waals surface area (Å²) in [7, 11) is 1.95. The number of fused-ring (bicyclic) bond motifs is 5. The highest BCUT2D eigenvalue weighted by Gasteiger charge is 2.53. The number of carbonyl (C=O) groups is 1. The highest BCUT2D eigenvalue weighted by molar-refractivity contribution is 5.98. The Morgan fingerprint density at radius 3 is 2.67 bits per heavy atom. The van der Waals surface area contributed by atoms with Crippen LogP contribution in [0.5, 0.6) is 0 Å². The Kier molecular flexibility index (Phi) is 2.53. The number of hydrogen-bond donors (Lipinski definition) is 0. The van der Waals surface area contributed by atoms with Gasteiger partial charge in [0.1, 0.15) is 0 Å². The summed E-state index contributed by atoms with van der Waals surface area (Å²) in [5, 5.41) is 0. The average molecular weight is 277 g/mol. The minimum atomic E-state index is 0.0307. The third-order valence-electron chi connectivity index (χ3n) is 5.41. The zero-order chi connectivity index (χ0) is 14.6. The Morgan fingerprint density at radius 1 is 1.14 bits per heavy atom. The van der Waals surface area contributed by atoms with Crippen molar-refractivity contribution < 1.29 is 4.79 Å². The number of nitrogens with zero attached hydrogens (tertiary/aromatic N) is 1. The van der Waals surface area contributed by atoms with E-state index in [2.05, 4.69) is 43.3 Å². The zero-order valence-corrected chi connectivity index (χ0v) is 12.5. The molecule has 0 aromatic heterocycles. The van der Waals surface area contributed by atoms with Gasteiger partial charge in [-0.25, -0.2) is 0 Å². The minimum Gasteiger partial charge on any atom is -0.334 e. The highest BCUT2D eigenvalue weighted by atomic mass is 16.2. The van der Waals surface area contributed by atoms with Crippen molar-refractivity contribution in [1.82, 2.24) is 4.90 Å². The SMILES string of the molecule is CC[C@]12Cc3ccccc3[C@H]1N(C)C(=O)c1ccccc12. The molecule has 1 amide bonds. The van der Waals surface area contributed by atoms with E-state index in [0.717, 1.165) is 18.4 Å². The van der Waals surface area contributed by atoms with Gasteiger partial charge >= 0.3 is 0 Å². The van der Waals surface area contributed by atoms with Crippen LogP contribution in [0.25, 0.3) is 0 Å². The van der Waals surface area contributed by atoms with Crippen molar-refractivity contribution in [1.29, 1.82) is 0 Å². The van der Waals surface area contributed by atoms with E-state index in [9.17, 15) is 4.79 Å². The Labute approximate surface area is 125 Å². The van der Waals surface area contributed by atoms with Crippen molar-refractivity contribution in [2.24, 2.45) is 0 Å². The van der Waals surface area contributed by atoms with Crippen LogP contribution in [0.4, 0.5) is 0 Å². The van der Waals surface area contributed by atoms with Crippen LogP contribution in [0.3, 0.4) is 0 Å². The van der Waals surface area contributed by atoms with E-state index < -0.39 is 0 Å². The van der Waals surface area contributed by atoms with Crippen molar-refractivity contribution in [3.8, 4) is 0 Å². The van der Waals surface area contributed by atoms with E-state index in [1.165, 1.54) is 16.7 Å². The van der Waals surface area contributed by atoms with E-state index >= 15 is 0 Å². The summed E-state index contributed by atoms with van der Waals surface area (Å²) >= 11 is 0. The first-order valence-electron chi connectivity index (χ1n) is 7.63. The molecular formula is C19H19NO. The molecule has 2 aliphatic rings. The monoisotopic (exact) mass is 277 g/mol. The molecule has 4 rings (SSSR count). The van der Waals surface area contributed by atoms with Gasteiger partial charge in [0.05, 0.1) is 6.04 Å². The maximum Gasteiger partial charge on any atom is 0.254 e. The topological polar surface area (TPSA) is 20.3 Å². The smallest absolute Gasteiger partial charge is 0.254 e. The summed E-state index contributed by atoms with van der Waals surface area (Å²) in [4.78, 5) is 14.7. The lowest BCUT2D eigenvalue weighted by Crippen LogP contribution is -2.48. The summed E-state index contributed by atoms with van der Waals surface area (Å²) in [6.07, 6.45) is 2.07. The second-order valence-corrected chi connectivity index (χ2v) is 6.25. The summed E-state index contributed by atoms with van der Waals surface area (Å²) in [6, 6.07) is 16.9. The first-order valence-corrected chi connectivity index (χ1v) is 7.63. The molecule has 2 nitrogen and oxygen atoms in total. The Hall–Kier alpha value is -2.09. The van der Waals surface area contributed by atoms with Crippen LogP contribution in [0.1, 0.15) is 46.4 Å². The molecule has 2 atom stereocenters. The standard InChI is InChI=1S/C19H19NO/c1-3-19-12-13-8-4-5-9-14(13)17(19)20(2)18(21)15-10-6-7-11-16(15)19/h4-11,17H,3,12H2,1-2H3/t17-,19-/m1/s1. The second kappa shape index (κ2) is 4.20. The molecule has 2 heteroatoms. The van der Waals surface area contributed by atoms with Crippen LogP contribution in [-0.4, -0.2) is 17.9 Å². The average Bonchev–Trinajstić information content (AvgIpc) is 2.88. The molecule has 0 unspecified atom stereocenters. The number of likely N-dealkylation sites (N-methyl/N-ethyl adjacent to an activating group) is 1. The summed E-state index contributed by atoms with van der Waals surface area (Å²) in [5.41, 5.74) is 4.86. The van der Waals surface area contributed by atoms with Crippen LogP contribution >= 0.6 is 0 Å². The first-order chi connectivity index (χ1) is 10.2. The molecule has 1 aliphatic carbocycles. The number of amides is 1. The molecule has 0 bridgehead atoms. The van der Waals surface area contributed by atoms with Crippen molar-refractivity contribution in [2.45, 2.75) is 31.2 Å². The third-order valence-corrected chi connectivity index (χ3v) is 5.41. The fourth-order valence-corrected chi connectivity index (χ4v) is 4.44. The summed E-state index contributed by atoms with van der Waals surface area (Å²) < 4.78 is 0. The number of hydrogen-bond acceptors (Lipinski definition) is 1. The van der Waals surface area contributed by atoms with Crippen molar-refractivity contribution in [3.63, 3.8) is 0 Å². The second-order valence-electron chi connectivity index (χ2n) is 6.25. The Balaban J connectivity index is 2.03. The van der Waals surface area contributed by atoms with Gasteiger partial charge in [-0.2, -0.15) is 0 Å². The normalized spacial score (nSPS) is 26.3. The van der Waals surface area contributed by atoms with E-state index in [0.29, 0.717) is 0 Å². The minimum absolute atomic E-state index is 0.0307. The van der Waals surface area contributed by atoms with Gasteiger partial charge in [-0.05, 0) is 35.6 Å². The molecule has 2 aromatic carbocycles. The van der Waals surface area contributed by atoms with E-state index in [-0.39, 0.29) is 17.4 Å². The predicted octanol–water partition coefficient (Wildman–Crippen LogP) is 3.72. The highest BCUT2D eigenvalue weighted by Crippen LogP contribution is 2.55. The molecule has 0 saturated carbocycles. The van der Waals surface area contributed by atoms with Gasteiger partial charge in [-0.1, -0.05) is 49.4 Å². The van der Waals surface area contributed by atoms with E-state index in [4.69, 9.17) is 0 Å². The molecule has 1 heterocycles. The fourth-order valence-electron chi connectivity index (χ4n) is 4.44. The van der Waals surface area contributed by atoms with E-state index in [1.54, 1.807) is 0 Å². The fraction of sp³-hybridized carbons (Fsp3) is 0.316. The zero-order valence-electron chi connectivity index (χ0n) is 12.5. The lowest BCUT2D eigenvalue weighted by atomic mass is 9.68. The molecule has 1 aliphatic heterocycles. The van der Waals surface area contributed by atoms with Gasteiger partial charge in [0.2, 0.25) is 0 Å². The van der Waals surface area contributed by atoms with Crippen molar-refractivity contribution >= 4 is 5.91 Å². The van der Waals surface area contributed by atoms with Crippen LogP contribution < -0.4 is 0 Å². The van der Waals surface area contributed by atoms with E-state index in [1.807, 2.05) is 24.1 Å². The maximum atomic E-state index is 12.8. The van der Waals surface area contributed by atoms with Gasteiger partial charge < -0.3 is 4.90 Å². The quantitative estimate of drug-likeness (QED) is 0.778. The van der Waals surface area contributed by atoms with Gasteiger partial charge in [0, 0.05) is 18.0 Å². The van der Waals surface area contributed by atoms with Crippen LogP contribution in [0.15, 0.2) is 48.5 Å². The molecule has 0 radical (unpaired) electrons. The summed E-state index contributed by atoms with van der Waals surface area (Å²) in [5.74, 6) is 0.149. The van der Waals surface area contributed by atoms with Gasteiger partial charge in [0.15, 0.2) is 0 Å². The third kappa shape index (κ3) is 1.45. The van der Waals surface area contributed by atoms with Gasteiger partial charge in [0.25, 0.3) is 5.91 Å². The van der Waals surface area contributed by atoms with Crippen LogP contribution in [-0.2, 0) is 11.8 Å². The molecule has 0 fully saturated rings. The first kappa shape index (κ1) is 12.6. The molecule has 106 valence electrons. The lowest BCUT2D eigenvalue weighted by Gasteiger charge is -2.46. The molecule has 2 aromatic rings. The van der Waals surface area contributed by atoms with Crippen LogP contribution in [0, 0.1) is 0 Å². The summed E-state index contributed by atoms with van der Waals surface area (Å²) in [6.45, 7) is 2.25. The molecule has 0 spiro atoms. The predicted molar refractivity (Wildman–Crippen MR) is 83.4 cm³/mol. The van der Waals surface area contributed by atoms with Crippen LogP contribution in [0.2, 0.25) is 0 Å². The largest absolute Gasteiger partial charge is 0.334 e. The molecule has 0 N–H and O–H groups in total. The number of rotatable bonds is 1. The Morgan fingerprint density at radius 2 is 1.86 bits per heavy atom. The van der Waals surface area contributed by atoms with Gasteiger partial charge in [-0.3, -0.25) is 4.79 Å². The lowest BCUT2D eigenvalue weighted by molar-refractivity contribution is 0.0591. The molecule has 21 heavy (non-hydrogen) atoms.